The Balaban J connectivity index is 1.14. The number of anilines is 1. The molecule has 1 amide bonds. The molecule has 4 aromatic carbocycles. The van der Waals surface area contributed by atoms with Gasteiger partial charge in [-0.1, -0.05) is 48.5 Å². The summed E-state index contributed by atoms with van der Waals surface area (Å²) in [5, 5.41) is 4.84. The van der Waals surface area contributed by atoms with Gasteiger partial charge in [-0.25, -0.2) is 15.0 Å². The summed E-state index contributed by atoms with van der Waals surface area (Å²) in [6.45, 7) is 4.14. The van der Waals surface area contributed by atoms with Crippen molar-refractivity contribution in [3.63, 3.8) is 0 Å². The molecular weight excluding hydrogens is 586 g/mol. The topological polar surface area (TPSA) is 108 Å². The second-order valence-corrected chi connectivity index (χ2v) is 10.7. The maximum absolute atomic E-state index is 13.5. The Kier molecular flexibility index (Phi) is 10.0. The van der Waals surface area contributed by atoms with E-state index in [1.807, 2.05) is 77.8 Å². The summed E-state index contributed by atoms with van der Waals surface area (Å²) < 4.78 is 28.5. The van der Waals surface area contributed by atoms with Gasteiger partial charge in [0.1, 0.15) is 36.9 Å². The number of fused-ring (bicyclic) bond motifs is 2. The van der Waals surface area contributed by atoms with Crippen LogP contribution < -0.4 is 24.5 Å². The fourth-order valence-corrected chi connectivity index (χ4v) is 5.38. The van der Waals surface area contributed by atoms with E-state index < -0.39 is 0 Å². The number of para-hydroxylation sites is 1. The third-order valence-corrected chi connectivity index (χ3v) is 7.71. The molecule has 5 aromatic rings. The smallest absolute Gasteiger partial charge is 0.269 e. The van der Waals surface area contributed by atoms with Crippen LogP contribution in [0.4, 0.5) is 5.82 Å². The molecule has 0 spiro atoms. The van der Waals surface area contributed by atoms with E-state index in [2.05, 4.69) is 20.3 Å². The summed E-state index contributed by atoms with van der Waals surface area (Å²) in [6, 6.07) is 25.0. The lowest BCUT2D eigenvalue weighted by atomic mass is 10.1. The van der Waals surface area contributed by atoms with Crippen LogP contribution in [-0.2, 0) is 9.47 Å². The summed E-state index contributed by atoms with van der Waals surface area (Å²) in [5.41, 5.74) is 4.28. The van der Waals surface area contributed by atoms with Crippen molar-refractivity contribution in [1.82, 2.24) is 20.4 Å². The lowest BCUT2D eigenvalue weighted by Gasteiger charge is -2.35. The Hall–Kier alpha value is -4.97. The molecule has 11 heteroatoms. The molecule has 1 aliphatic heterocycles. The van der Waals surface area contributed by atoms with Crippen LogP contribution >= 0.6 is 0 Å². The predicted octanol–water partition coefficient (Wildman–Crippen LogP) is 5.09. The highest BCUT2D eigenvalue weighted by Gasteiger charge is 2.24. The second kappa shape index (κ2) is 14.9. The van der Waals surface area contributed by atoms with Gasteiger partial charge >= 0.3 is 0 Å². The monoisotopic (exact) mass is 623 g/mol. The number of aromatic nitrogens is 2. The minimum absolute atomic E-state index is 0.226. The summed E-state index contributed by atoms with van der Waals surface area (Å²) in [5.74, 6) is 2.94. The summed E-state index contributed by atoms with van der Waals surface area (Å²) in [7, 11) is 3.26. The molecule has 1 N–H and O–H groups in total. The molecule has 46 heavy (non-hydrogen) atoms. The number of nitrogens with zero attached hydrogens (tertiary/aromatic N) is 4. The van der Waals surface area contributed by atoms with Gasteiger partial charge in [-0.15, -0.1) is 0 Å². The number of carbonyl (C=O) groups is 1. The van der Waals surface area contributed by atoms with Crippen molar-refractivity contribution in [3.8, 4) is 23.0 Å². The molecule has 0 atom stereocenters. The number of benzene rings is 4. The number of hydrogen-bond acceptors (Lipinski definition) is 10. The average molecular weight is 624 g/mol. The highest BCUT2D eigenvalue weighted by molar-refractivity contribution is 5.97. The van der Waals surface area contributed by atoms with Crippen LogP contribution in [0.5, 0.6) is 23.0 Å². The molecule has 1 saturated heterocycles. The zero-order chi connectivity index (χ0) is 31.7. The van der Waals surface area contributed by atoms with Gasteiger partial charge in [0.05, 0.1) is 24.3 Å². The average Bonchev–Trinajstić information content (AvgIpc) is 3.09. The maximum Gasteiger partial charge on any atom is 0.269 e. The standard InChI is InChI=1S/C35H37N5O6/c1-42-18-20-44-32-22-28-29(23-33(32)45-21-19-43-2)36-24-37-34(28)39-14-16-40(17-15-39)38-35(41)27-11-5-6-12-31(27)46-30-13-7-9-25-8-3-4-10-26(25)30/h3-13,22-24H,14-21H2,1-2H3,(H,38,41). The SMILES string of the molecule is COCCOc1cc2ncnc(N3CCN(NC(=O)c4ccccc4Oc4cccc5ccccc45)CC3)c2cc1OCCOC. The minimum atomic E-state index is -0.226. The van der Waals surface area contributed by atoms with Gasteiger partial charge in [-0.2, -0.15) is 0 Å². The van der Waals surface area contributed by atoms with Gasteiger partial charge in [0.25, 0.3) is 5.91 Å². The van der Waals surface area contributed by atoms with E-state index in [0.29, 0.717) is 81.2 Å². The maximum atomic E-state index is 13.5. The summed E-state index contributed by atoms with van der Waals surface area (Å²) >= 11 is 0. The van der Waals surface area contributed by atoms with Crippen molar-refractivity contribution in [1.29, 1.82) is 0 Å². The summed E-state index contributed by atoms with van der Waals surface area (Å²) in [6.07, 6.45) is 1.56. The largest absolute Gasteiger partial charge is 0.487 e. The number of ether oxygens (including phenoxy) is 5. The quantitative estimate of drug-likeness (QED) is 0.178. The van der Waals surface area contributed by atoms with E-state index in [1.54, 1.807) is 26.6 Å². The van der Waals surface area contributed by atoms with Crippen molar-refractivity contribution >= 4 is 33.4 Å². The molecule has 1 aliphatic rings. The number of hydrogen-bond donors (Lipinski definition) is 1. The molecule has 2 heterocycles. The molecule has 6 rings (SSSR count). The van der Waals surface area contributed by atoms with Crippen LogP contribution in [-0.4, -0.2) is 87.7 Å². The first-order valence-electron chi connectivity index (χ1n) is 15.2. The van der Waals surface area contributed by atoms with Gasteiger partial charge in [0.15, 0.2) is 11.5 Å². The van der Waals surface area contributed by atoms with Gasteiger partial charge < -0.3 is 28.6 Å². The number of nitrogens with one attached hydrogen (secondary N) is 1. The molecule has 238 valence electrons. The van der Waals surface area contributed by atoms with Gasteiger partial charge in [-0.05, 0) is 29.7 Å². The normalized spacial score (nSPS) is 13.6. The van der Waals surface area contributed by atoms with Crippen LogP contribution in [0.3, 0.4) is 0 Å². The van der Waals surface area contributed by atoms with Crippen LogP contribution in [0.1, 0.15) is 10.4 Å². The van der Waals surface area contributed by atoms with E-state index in [0.717, 1.165) is 27.5 Å². The van der Waals surface area contributed by atoms with Crippen LogP contribution in [0.15, 0.2) is 85.2 Å². The third kappa shape index (κ3) is 7.12. The van der Waals surface area contributed by atoms with E-state index in [4.69, 9.17) is 23.7 Å². The number of methoxy groups -OCH3 is 2. The molecule has 0 bridgehead atoms. The molecule has 0 aliphatic carbocycles. The van der Waals surface area contributed by atoms with Gasteiger partial charge in [-0.3, -0.25) is 10.2 Å². The third-order valence-electron chi connectivity index (χ3n) is 7.71. The predicted molar refractivity (Wildman–Crippen MR) is 176 cm³/mol. The van der Waals surface area contributed by atoms with Crippen molar-refractivity contribution < 1.29 is 28.5 Å². The van der Waals surface area contributed by atoms with E-state index in [1.165, 1.54) is 0 Å². The lowest BCUT2D eigenvalue weighted by Crippen LogP contribution is -2.53. The van der Waals surface area contributed by atoms with E-state index in [9.17, 15) is 4.79 Å². The molecule has 1 fully saturated rings. The van der Waals surface area contributed by atoms with Crippen LogP contribution in [0.2, 0.25) is 0 Å². The Morgan fingerprint density at radius 3 is 2.17 bits per heavy atom. The number of piperazine rings is 1. The summed E-state index contributed by atoms with van der Waals surface area (Å²) in [4.78, 5) is 24.8. The Bertz CT molecular complexity index is 1790. The fraction of sp³-hybridized carbons (Fsp3) is 0.286. The molecule has 0 saturated carbocycles. The number of carbonyl (C=O) groups excluding carboxylic acids is 1. The Morgan fingerprint density at radius 2 is 1.39 bits per heavy atom. The Morgan fingerprint density at radius 1 is 0.717 bits per heavy atom. The zero-order valence-corrected chi connectivity index (χ0v) is 26.0. The minimum Gasteiger partial charge on any atom is -0.487 e. The number of rotatable bonds is 13. The van der Waals surface area contributed by atoms with Crippen molar-refractivity contribution in [3.05, 3.63) is 90.8 Å². The molecule has 0 unspecified atom stereocenters. The van der Waals surface area contributed by atoms with Gasteiger partial charge in [0, 0.05) is 57.2 Å². The first-order chi connectivity index (χ1) is 22.6. The van der Waals surface area contributed by atoms with Crippen LogP contribution in [0.25, 0.3) is 21.7 Å². The molecule has 0 radical (unpaired) electrons. The Labute approximate surface area is 267 Å². The second-order valence-electron chi connectivity index (χ2n) is 10.7. The highest BCUT2D eigenvalue weighted by atomic mass is 16.5. The van der Waals surface area contributed by atoms with Crippen molar-refractivity contribution in [2.75, 3.05) is 71.7 Å². The van der Waals surface area contributed by atoms with E-state index >= 15 is 0 Å². The zero-order valence-electron chi connectivity index (χ0n) is 26.0. The number of amides is 1. The van der Waals surface area contributed by atoms with Crippen molar-refractivity contribution in [2.45, 2.75) is 0 Å². The van der Waals surface area contributed by atoms with Gasteiger partial charge in [0.2, 0.25) is 0 Å². The first kappa shape index (κ1) is 31.0. The number of hydrazine groups is 1. The molecule has 1 aromatic heterocycles. The molecule has 11 nitrogen and oxygen atoms in total. The highest BCUT2D eigenvalue weighted by Crippen LogP contribution is 2.36. The van der Waals surface area contributed by atoms with Crippen molar-refractivity contribution in [2.24, 2.45) is 0 Å². The lowest BCUT2D eigenvalue weighted by molar-refractivity contribution is 0.0775. The van der Waals surface area contributed by atoms with E-state index in [-0.39, 0.29) is 5.91 Å². The first-order valence-corrected chi connectivity index (χ1v) is 15.2. The van der Waals surface area contributed by atoms with Crippen LogP contribution in [0, 0.1) is 0 Å². The fourth-order valence-electron chi connectivity index (χ4n) is 5.38. The molecular formula is C35H37N5O6.